The fraction of sp³-hybridized carbons (Fsp3) is 0.652. The third-order valence-corrected chi connectivity index (χ3v) is 8.13. The third kappa shape index (κ3) is 6.34. The number of hydrogen-bond acceptors (Lipinski definition) is 7. The number of carbonyl (C=O) groups is 2. The first-order valence-corrected chi connectivity index (χ1v) is 13.1. The summed E-state index contributed by atoms with van der Waals surface area (Å²) in [6, 6.07) is 2.28. The second-order valence-corrected chi connectivity index (χ2v) is 11.4. The van der Waals surface area contributed by atoms with Crippen LogP contribution in [-0.4, -0.2) is 45.5 Å². The molecule has 1 atom stereocenters. The topological polar surface area (TPSA) is 86.1 Å². The van der Waals surface area contributed by atoms with Gasteiger partial charge in [0.25, 0.3) is 0 Å². The quantitative estimate of drug-likeness (QED) is 0.329. The summed E-state index contributed by atoms with van der Waals surface area (Å²) in [5, 5.41) is 12.3. The van der Waals surface area contributed by atoms with E-state index in [1.54, 1.807) is 6.92 Å². The molecule has 0 spiro atoms. The van der Waals surface area contributed by atoms with Crippen molar-refractivity contribution in [3.63, 3.8) is 0 Å². The van der Waals surface area contributed by atoms with E-state index in [4.69, 9.17) is 4.74 Å². The van der Waals surface area contributed by atoms with Crippen LogP contribution in [0.15, 0.2) is 11.2 Å². The summed E-state index contributed by atoms with van der Waals surface area (Å²) in [6.07, 6.45) is 4.39. The number of ether oxygens (including phenoxy) is 1. The minimum absolute atomic E-state index is 0.0804. The molecule has 0 saturated carbocycles. The molecule has 0 aromatic carbocycles. The van der Waals surface area contributed by atoms with Crippen LogP contribution in [0.1, 0.15) is 57.4 Å². The van der Waals surface area contributed by atoms with Crippen LogP contribution in [0.2, 0.25) is 0 Å². The monoisotopic (exact) mass is 478 g/mol. The Morgan fingerprint density at radius 2 is 2.12 bits per heavy atom. The predicted octanol–water partition coefficient (Wildman–Crippen LogP) is 4.25. The molecule has 9 heteroatoms. The lowest BCUT2D eigenvalue weighted by Gasteiger charge is -2.33. The molecule has 1 N–H and O–H groups in total. The maximum Gasteiger partial charge on any atom is 0.305 e. The summed E-state index contributed by atoms with van der Waals surface area (Å²) in [4.78, 5) is 26.1. The predicted molar refractivity (Wildman–Crippen MR) is 129 cm³/mol. The van der Waals surface area contributed by atoms with Crippen molar-refractivity contribution < 1.29 is 14.3 Å². The van der Waals surface area contributed by atoms with Crippen LogP contribution in [0, 0.1) is 11.3 Å². The summed E-state index contributed by atoms with van der Waals surface area (Å²) >= 11 is 3.19. The van der Waals surface area contributed by atoms with E-state index in [9.17, 15) is 9.59 Å². The molecule has 3 rings (SSSR count). The molecule has 176 valence electrons. The van der Waals surface area contributed by atoms with Crippen molar-refractivity contribution in [3.8, 4) is 10.7 Å². The van der Waals surface area contributed by atoms with Crippen LogP contribution < -0.4 is 5.32 Å². The van der Waals surface area contributed by atoms with Gasteiger partial charge in [0.05, 0.1) is 17.2 Å². The first kappa shape index (κ1) is 24.8. The summed E-state index contributed by atoms with van der Waals surface area (Å²) in [6.45, 7) is 9.62. The molecule has 1 aliphatic rings. The van der Waals surface area contributed by atoms with Gasteiger partial charge in [0.1, 0.15) is 0 Å². The minimum Gasteiger partial charge on any atom is -0.466 e. The van der Waals surface area contributed by atoms with Crippen LogP contribution in [0.25, 0.3) is 10.7 Å². The third-order valence-electron chi connectivity index (χ3n) is 5.88. The number of aromatic nitrogens is 3. The van der Waals surface area contributed by atoms with Gasteiger partial charge in [0, 0.05) is 24.9 Å². The van der Waals surface area contributed by atoms with E-state index >= 15 is 0 Å². The zero-order valence-corrected chi connectivity index (χ0v) is 21.3. The first-order chi connectivity index (χ1) is 15.2. The van der Waals surface area contributed by atoms with Crippen molar-refractivity contribution in [1.82, 2.24) is 20.1 Å². The molecule has 0 bridgehead atoms. The number of thioether (sulfide) groups is 1. The smallest absolute Gasteiger partial charge is 0.305 e. The molecular formula is C23H34N4O3S2. The largest absolute Gasteiger partial charge is 0.466 e. The number of hydrogen-bond donors (Lipinski definition) is 1. The maximum atomic E-state index is 12.1. The summed E-state index contributed by atoms with van der Waals surface area (Å²) in [5.41, 5.74) is 1.78. The Bertz CT molecular complexity index is 946. The van der Waals surface area contributed by atoms with Crippen molar-refractivity contribution in [1.29, 1.82) is 0 Å². The molecule has 1 aliphatic carbocycles. The minimum atomic E-state index is -0.230. The van der Waals surface area contributed by atoms with Crippen molar-refractivity contribution in [2.45, 2.75) is 65.0 Å². The lowest BCUT2D eigenvalue weighted by molar-refractivity contribution is -0.143. The van der Waals surface area contributed by atoms with Crippen molar-refractivity contribution >= 4 is 35.0 Å². The molecule has 0 saturated heterocycles. The Morgan fingerprint density at radius 1 is 1.34 bits per heavy atom. The summed E-state index contributed by atoms with van der Waals surface area (Å²) in [7, 11) is 1.95. The van der Waals surface area contributed by atoms with Gasteiger partial charge in [0.15, 0.2) is 11.0 Å². The molecule has 0 fully saturated rings. The van der Waals surface area contributed by atoms with E-state index in [0.29, 0.717) is 37.3 Å². The van der Waals surface area contributed by atoms with Gasteiger partial charge in [-0.2, -0.15) is 0 Å². The molecular weight excluding hydrogens is 444 g/mol. The van der Waals surface area contributed by atoms with Gasteiger partial charge in [-0.15, -0.1) is 21.5 Å². The molecule has 32 heavy (non-hydrogen) atoms. The SMILES string of the molecule is CCOC(=O)CCCNC(=O)CSc1nnc(-c2cc3c(s2)CCC(C(C)(C)C)C3)n1C. The second kappa shape index (κ2) is 10.8. The van der Waals surface area contributed by atoms with Gasteiger partial charge in [-0.1, -0.05) is 32.5 Å². The molecule has 1 unspecified atom stereocenters. The highest BCUT2D eigenvalue weighted by Crippen LogP contribution is 2.42. The standard InChI is InChI=1S/C23H34N4O3S2/c1-6-30-20(29)8-7-11-24-19(28)14-31-22-26-25-21(27(22)5)18-13-15-12-16(23(2,3)4)9-10-17(15)32-18/h13,16H,6-12,14H2,1-5H3,(H,24,28). The van der Waals surface area contributed by atoms with Gasteiger partial charge in [-0.3, -0.25) is 9.59 Å². The van der Waals surface area contributed by atoms with E-state index < -0.39 is 0 Å². The van der Waals surface area contributed by atoms with E-state index in [-0.39, 0.29) is 17.6 Å². The average molecular weight is 479 g/mol. The van der Waals surface area contributed by atoms with Gasteiger partial charge in [-0.25, -0.2) is 0 Å². The lowest BCUT2D eigenvalue weighted by atomic mass is 9.72. The Morgan fingerprint density at radius 3 is 2.84 bits per heavy atom. The van der Waals surface area contributed by atoms with E-state index in [1.807, 2.05) is 23.0 Å². The number of aryl methyl sites for hydroxylation is 1. The molecule has 1 amide bonds. The van der Waals surface area contributed by atoms with Gasteiger partial charge < -0.3 is 14.6 Å². The van der Waals surface area contributed by atoms with Crippen LogP contribution in [0.5, 0.6) is 0 Å². The number of nitrogens with one attached hydrogen (secondary N) is 1. The fourth-order valence-electron chi connectivity index (χ4n) is 3.90. The Balaban J connectivity index is 1.52. The maximum absolute atomic E-state index is 12.1. The van der Waals surface area contributed by atoms with E-state index in [2.05, 4.69) is 42.4 Å². The molecule has 7 nitrogen and oxygen atoms in total. The highest BCUT2D eigenvalue weighted by molar-refractivity contribution is 7.99. The number of esters is 1. The zero-order valence-electron chi connectivity index (χ0n) is 19.7. The van der Waals surface area contributed by atoms with Gasteiger partial charge in [-0.05, 0) is 55.6 Å². The normalized spacial score (nSPS) is 16.0. The van der Waals surface area contributed by atoms with Crippen LogP contribution in [-0.2, 0) is 34.2 Å². The van der Waals surface area contributed by atoms with Gasteiger partial charge in [0.2, 0.25) is 5.91 Å². The van der Waals surface area contributed by atoms with Crippen molar-refractivity contribution in [2.75, 3.05) is 18.9 Å². The fourth-order valence-corrected chi connectivity index (χ4v) is 5.87. The lowest BCUT2D eigenvalue weighted by Crippen LogP contribution is -2.26. The number of nitrogens with zero attached hydrogens (tertiary/aromatic N) is 3. The Kier molecular flexibility index (Phi) is 8.38. The second-order valence-electron chi connectivity index (χ2n) is 9.28. The number of rotatable bonds is 9. The molecule has 2 heterocycles. The van der Waals surface area contributed by atoms with Crippen LogP contribution >= 0.6 is 23.1 Å². The van der Waals surface area contributed by atoms with E-state index in [1.165, 1.54) is 28.6 Å². The highest BCUT2D eigenvalue weighted by atomic mass is 32.2. The first-order valence-electron chi connectivity index (χ1n) is 11.3. The van der Waals surface area contributed by atoms with Crippen molar-refractivity contribution in [3.05, 3.63) is 16.5 Å². The number of fused-ring (bicyclic) bond motifs is 1. The van der Waals surface area contributed by atoms with Gasteiger partial charge >= 0.3 is 5.97 Å². The number of thiophene rings is 1. The van der Waals surface area contributed by atoms with Crippen molar-refractivity contribution in [2.24, 2.45) is 18.4 Å². The molecule has 0 aliphatic heterocycles. The van der Waals surface area contributed by atoms with E-state index in [0.717, 1.165) is 28.7 Å². The number of carbonyl (C=O) groups excluding carboxylic acids is 2. The molecule has 2 aromatic heterocycles. The number of amides is 1. The molecule has 0 radical (unpaired) electrons. The molecule has 2 aromatic rings. The Hall–Kier alpha value is -1.87. The van der Waals surface area contributed by atoms with Crippen LogP contribution in [0.3, 0.4) is 0 Å². The summed E-state index contributed by atoms with van der Waals surface area (Å²) < 4.78 is 6.85. The summed E-state index contributed by atoms with van der Waals surface area (Å²) in [5.74, 6) is 1.52. The zero-order chi connectivity index (χ0) is 23.3. The Labute approximate surface area is 198 Å². The highest BCUT2D eigenvalue weighted by Gasteiger charge is 2.30. The van der Waals surface area contributed by atoms with Crippen LogP contribution in [0.4, 0.5) is 0 Å². The average Bonchev–Trinajstić information content (AvgIpc) is 3.31.